The van der Waals surface area contributed by atoms with Crippen molar-refractivity contribution in [2.24, 2.45) is 9.54 Å². The number of nitrogens with one attached hydrogen (secondary N) is 1. The molecule has 0 unspecified atom stereocenters. The van der Waals surface area contributed by atoms with Crippen molar-refractivity contribution in [3.8, 4) is 0 Å². The number of benzene rings is 1. The lowest BCUT2D eigenvalue weighted by molar-refractivity contribution is 0.402. The highest BCUT2D eigenvalue weighted by atomic mass is 35.5. The molecule has 0 saturated heterocycles. The predicted octanol–water partition coefficient (Wildman–Crippen LogP) is 0.104. The fourth-order valence-corrected chi connectivity index (χ4v) is 3.71. The lowest BCUT2D eigenvalue weighted by atomic mass is 10.3. The highest BCUT2D eigenvalue weighted by molar-refractivity contribution is 7.91. The topological polar surface area (TPSA) is 128 Å². The molecule has 1 aliphatic heterocycles. The minimum atomic E-state index is -4.14. The maximum atomic E-state index is 11.8. The van der Waals surface area contributed by atoms with Gasteiger partial charge in [-0.3, -0.25) is 0 Å². The van der Waals surface area contributed by atoms with E-state index in [4.69, 9.17) is 21.5 Å². The van der Waals surface area contributed by atoms with Crippen molar-refractivity contribution < 1.29 is 21.6 Å². The molecule has 2 rings (SSSR count). The average Bonchev–Trinajstić information content (AvgIpc) is 2.25. The number of hydrogen-bond acceptors (Lipinski definition) is 6. The Morgan fingerprint density at radius 3 is 2.58 bits per heavy atom. The Morgan fingerprint density at radius 1 is 1.42 bits per heavy atom. The summed E-state index contributed by atoms with van der Waals surface area (Å²) < 4.78 is 54.3. The molecule has 1 aliphatic rings. The van der Waals surface area contributed by atoms with Crippen molar-refractivity contribution in [2.45, 2.75) is 9.79 Å². The van der Waals surface area contributed by atoms with Crippen LogP contribution in [0.5, 0.6) is 0 Å². The number of hydrogen-bond donors (Lipinski definition) is 2. The second-order valence-electron chi connectivity index (χ2n) is 3.52. The molecule has 0 bridgehead atoms. The van der Waals surface area contributed by atoms with Gasteiger partial charge < -0.3 is 10.1 Å². The number of fused-ring (bicyclic) bond motifs is 1. The quantitative estimate of drug-likeness (QED) is 0.753. The molecule has 1 aromatic carbocycles. The van der Waals surface area contributed by atoms with Crippen LogP contribution in [-0.4, -0.2) is 30.0 Å². The van der Waals surface area contributed by atoms with E-state index in [0.717, 1.165) is 12.1 Å². The van der Waals surface area contributed by atoms with Gasteiger partial charge in [-0.15, -0.1) is 4.40 Å². The summed E-state index contributed by atoms with van der Waals surface area (Å²) >= 11 is 5.76. The van der Waals surface area contributed by atoms with Crippen molar-refractivity contribution in [1.82, 2.24) is 0 Å². The van der Waals surface area contributed by atoms with E-state index in [9.17, 15) is 16.8 Å². The Balaban J connectivity index is 2.76. The van der Waals surface area contributed by atoms with E-state index in [1.807, 2.05) is 0 Å². The Labute approximate surface area is 114 Å². The van der Waals surface area contributed by atoms with E-state index in [-0.39, 0.29) is 21.6 Å². The molecule has 19 heavy (non-hydrogen) atoms. The molecule has 0 amide bonds. The molecule has 0 saturated carbocycles. The number of rotatable bonds is 1. The van der Waals surface area contributed by atoms with Gasteiger partial charge in [-0.25, -0.2) is 13.6 Å². The Morgan fingerprint density at radius 2 is 2.05 bits per heavy atom. The normalized spacial score (nSPS) is 17.1. The van der Waals surface area contributed by atoms with E-state index >= 15 is 0 Å². The summed E-state index contributed by atoms with van der Waals surface area (Å²) in [5.74, 6) is 0. The number of amidine groups is 1. The number of halogens is 1. The largest absolute Gasteiger partial charge is 0.468 e. The van der Waals surface area contributed by atoms with E-state index in [1.165, 1.54) is 7.11 Å². The molecule has 0 aromatic heterocycles. The molecular formula is C8H8ClN3O5S2. The molecule has 3 N–H and O–H groups in total. The van der Waals surface area contributed by atoms with Crippen LogP contribution in [0.3, 0.4) is 0 Å². The van der Waals surface area contributed by atoms with Gasteiger partial charge in [0, 0.05) is 0 Å². The Kier molecular flexibility index (Phi) is 3.21. The third-order valence-electron chi connectivity index (χ3n) is 2.26. The van der Waals surface area contributed by atoms with Crippen molar-refractivity contribution in [3.05, 3.63) is 17.2 Å². The van der Waals surface area contributed by atoms with E-state index in [2.05, 4.69) is 9.71 Å². The second-order valence-corrected chi connectivity index (χ2v) is 7.03. The number of anilines is 1. The first kappa shape index (κ1) is 14.1. The maximum absolute atomic E-state index is 11.8. The first-order valence-electron chi connectivity index (χ1n) is 4.67. The van der Waals surface area contributed by atoms with Gasteiger partial charge in [-0.2, -0.15) is 8.42 Å². The van der Waals surface area contributed by atoms with Crippen molar-refractivity contribution in [2.75, 3.05) is 12.4 Å². The van der Waals surface area contributed by atoms with Crippen LogP contribution in [0, 0.1) is 0 Å². The number of methoxy groups -OCH3 is 1. The van der Waals surface area contributed by atoms with Crippen LogP contribution in [0.4, 0.5) is 5.69 Å². The van der Waals surface area contributed by atoms with Crippen LogP contribution >= 0.6 is 11.6 Å². The maximum Gasteiger partial charge on any atom is 0.305 e. The fraction of sp³-hybridized carbons (Fsp3) is 0.125. The summed E-state index contributed by atoms with van der Waals surface area (Å²) in [6.07, 6.45) is 0. The second kappa shape index (κ2) is 4.34. The summed E-state index contributed by atoms with van der Waals surface area (Å²) in [7, 11) is -6.99. The van der Waals surface area contributed by atoms with Gasteiger partial charge in [-0.05, 0) is 12.1 Å². The highest BCUT2D eigenvalue weighted by Crippen LogP contribution is 2.34. The van der Waals surface area contributed by atoms with E-state index in [0.29, 0.717) is 0 Å². The number of sulfonamides is 2. The molecule has 104 valence electrons. The number of primary sulfonamides is 1. The van der Waals surface area contributed by atoms with Crippen molar-refractivity contribution >= 4 is 43.4 Å². The molecule has 0 atom stereocenters. The average molecular weight is 326 g/mol. The number of ether oxygens (including phenoxy) is 1. The van der Waals surface area contributed by atoms with Gasteiger partial charge in [0.2, 0.25) is 10.0 Å². The number of nitrogens with zero attached hydrogens (tertiary/aromatic N) is 1. The molecule has 0 fully saturated rings. The zero-order chi connectivity index (χ0) is 14.4. The minimum Gasteiger partial charge on any atom is -0.468 e. The molecular weight excluding hydrogens is 318 g/mol. The lowest BCUT2D eigenvalue weighted by Crippen LogP contribution is -2.23. The summed E-state index contributed by atoms with van der Waals surface area (Å²) in [6.45, 7) is 0. The van der Waals surface area contributed by atoms with Crippen LogP contribution in [0.1, 0.15) is 0 Å². The van der Waals surface area contributed by atoms with Crippen LogP contribution < -0.4 is 10.5 Å². The van der Waals surface area contributed by atoms with Gasteiger partial charge in [-0.1, -0.05) is 11.6 Å². The molecule has 0 radical (unpaired) electrons. The zero-order valence-electron chi connectivity index (χ0n) is 9.41. The molecule has 0 spiro atoms. The molecule has 1 aromatic rings. The summed E-state index contributed by atoms with van der Waals surface area (Å²) in [5, 5.41) is 7.29. The molecule has 0 aliphatic carbocycles. The van der Waals surface area contributed by atoms with E-state index < -0.39 is 24.9 Å². The van der Waals surface area contributed by atoms with Crippen LogP contribution in [0.2, 0.25) is 5.02 Å². The fourth-order valence-electron chi connectivity index (χ4n) is 1.45. The Bertz CT molecular complexity index is 785. The Hall–Kier alpha value is -1.36. The van der Waals surface area contributed by atoms with Gasteiger partial charge >= 0.3 is 6.02 Å². The predicted molar refractivity (Wildman–Crippen MR) is 68.1 cm³/mol. The first-order chi connectivity index (χ1) is 8.65. The van der Waals surface area contributed by atoms with Gasteiger partial charge in [0.25, 0.3) is 10.0 Å². The van der Waals surface area contributed by atoms with Crippen LogP contribution in [0.25, 0.3) is 0 Å². The first-order valence-corrected chi connectivity index (χ1v) is 8.04. The molecule has 1 heterocycles. The standard InChI is InChI=1S/C8H8ClN3O5S2/c1-17-8-11-5-2-4(9)6(18(10,13)14)3-7(5)19(15,16)12-8/h2-3H,1H3,(H,11,12)(H2,10,13,14). The molecule has 8 nitrogen and oxygen atoms in total. The van der Waals surface area contributed by atoms with Gasteiger partial charge in [0.05, 0.1) is 17.8 Å². The highest BCUT2D eigenvalue weighted by Gasteiger charge is 2.29. The van der Waals surface area contributed by atoms with Crippen LogP contribution in [0.15, 0.2) is 26.3 Å². The summed E-state index contributed by atoms with van der Waals surface area (Å²) in [5.41, 5.74) is 0.0595. The number of nitrogens with two attached hydrogens (primary N) is 1. The lowest BCUT2D eigenvalue weighted by Gasteiger charge is -2.17. The summed E-state index contributed by atoms with van der Waals surface area (Å²) in [6, 6.07) is 1.74. The third-order valence-corrected chi connectivity index (χ3v) is 4.93. The summed E-state index contributed by atoms with van der Waals surface area (Å²) in [4.78, 5) is -0.837. The van der Waals surface area contributed by atoms with Crippen molar-refractivity contribution in [1.29, 1.82) is 0 Å². The van der Waals surface area contributed by atoms with E-state index in [1.54, 1.807) is 0 Å². The monoisotopic (exact) mass is 325 g/mol. The smallest absolute Gasteiger partial charge is 0.305 e. The minimum absolute atomic E-state index is 0.0595. The third kappa shape index (κ3) is 2.52. The SMILES string of the molecule is COC1=NS(=O)(=O)c2cc(S(N)(=O)=O)c(Cl)cc2N1. The zero-order valence-corrected chi connectivity index (χ0v) is 11.8. The van der Waals surface area contributed by atoms with Gasteiger partial charge in [0.1, 0.15) is 9.79 Å². The molecule has 11 heteroatoms. The van der Waals surface area contributed by atoms with Gasteiger partial charge in [0.15, 0.2) is 0 Å². The van der Waals surface area contributed by atoms with Crippen LogP contribution in [-0.2, 0) is 24.8 Å². The van der Waals surface area contributed by atoms with Crippen molar-refractivity contribution in [3.63, 3.8) is 0 Å².